The largest absolute Gasteiger partial charge is 0.372 e. The van der Waals surface area contributed by atoms with Gasteiger partial charge in [-0.05, 0) is 36.5 Å². The minimum Gasteiger partial charge on any atom is -0.372 e. The van der Waals surface area contributed by atoms with Crippen LogP contribution >= 0.6 is 0 Å². The van der Waals surface area contributed by atoms with Crippen molar-refractivity contribution in [3.63, 3.8) is 0 Å². The number of aliphatic imine (C=N–C) groups is 1. The lowest BCUT2D eigenvalue weighted by Crippen LogP contribution is -2.55. The van der Waals surface area contributed by atoms with Crippen molar-refractivity contribution in [1.82, 2.24) is 20.0 Å². The van der Waals surface area contributed by atoms with Gasteiger partial charge in [0.1, 0.15) is 6.54 Å². The Morgan fingerprint density at radius 2 is 1.87 bits per heavy atom. The molecule has 2 saturated heterocycles. The van der Waals surface area contributed by atoms with E-state index in [4.69, 9.17) is 0 Å². The van der Waals surface area contributed by atoms with Gasteiger partial charge in [-0.25, -0.2) is 0 Å². The zero-order chi connectivity index (χ0) is 21.8. The number of benzene rings is 1. The second-order valence-corrected chi connectivity index (χ2v) is 8.58. The van der Waals surface area contributed by atoms with Crippen molar-refractivity contribution in [2.24, 2.45) is 18.0 Å². The van der Waals surface area contributed by atoms with E-state index in [1.807, 2.05) is 18.1 Å². The van der Waals surface area contributed by atoms with E-state index < -0.39 is 0 Å². The van der Waals surface area contributed by atoms with Crippen molar-refractivity contribution < 1.29 is 4.79 Å². The molecular formula is C23H33N7O. The summed E-state index contributed by atoms with van der Waals surface area (Å²) >= 11 is 0. The molecule has 0 radical (unpaired) electrons. The van der Waals surface area contributed by atoms with E-state index in [2.05, 4.69) is 51.5 Å². The topological polar surface area (TPSA) is 69.0 Å². The van der Waals surface area contributed by atoms with Crippen LogP contribution in [-0.2, 0) is 18.4 Å². The van der Waals surface area contributed by atoms with Gasteiger partial charge < -0.3 is 20.0 Å². The number of aromatic nitrogens is 2. The van der Waals surface area contributed by atoms with Crippen molar-refractivity contribution in [3.05, 3.63) is 42.2 Å². The Morgan fingerprint density at radius 3 is 2.48 bits per heavy atom. The van der Waals surface area contributed by atoms with Gasteiger partial charge in [0.15, 0.2) is 5.96 Å². The highest BCUT2D eigenvalue weighted by atomic mass is 16.2. The maximum absolute atomic E-state index is 12.7. The maximum Gasteiger partial charge on any atom is 0.246 e. The molecule has 0 aliphatic carbocycles. The van der Waals surface area contributed by atoms with Gasteiger partial charge in [0.2, 0.25) is 5.91 Å². The van der Waals surface area contributed by atoms with Crippen LogP contribution in [0.2, 0.25) is 0 Å². The molecule has 2 aliphatic rings. The number of piperidine rings is 1. The summed E-state index contributed by atoms with van der Waals surface area (Å²) in [6, 6.07) is 8.79. The molecule has 1 amide bonds. The highest BCUT2D eigenvalue weighted by Crippen LogP contribution is 2.23. The fraction of sp³-hybridized carbons (Fsp3) is 0.522. The number of aryl methyl sites for hydroxylation is 1. The Labute approximate surface area is 184 Å². The highest BCUT2D eigenvalue weighted by Gasteiger charge is 2.27. The molecule has 0 atom stereocenters. The number of nitrogens with one attached hydrogen (secondary N) is 1. The molecule has 8 heteroatoms. The molecular weight excluding hydrogens is 390 g/mol. The Morgan fingerprint density at radius 1 is 1.13 bits per heavy atom. The summed E-state index contributed by atoms with van der Waals surface area (Å²) in [6.07, 6.45) is 6.14. The van der Waals surface area contributed by atoms with Crippen molar-refractivity contribution >= 4 is 23.2 Å². The van der Waals surface area contributed by atoms with Crippen molar-refractivity contribution in [2.75, 3.05) is 49.6 Å². The molecule has 0 bridgehead atoms. The SMILES string of the molecule is CN=C(NCc1ccc(N2CCC(C)CC2)cc1)N1CCN(c2cnn(C)c2)C(=O)C1. The third-order valence-corrected chi connectivity index (χ3v) is 6.27. The average Bonchev–Trinajstić information content (AvgIpc) is 3.21. The monoisotopic (exact) mass is 423 g/mol. The predicted molar refractivity (Wildman–Crippen MR) is 124 cm³/mol. The van der Waals surface area contributed by atoms with Crippen LogP contribution in [0.1, 0.15) is 25.3 Å². The van der Waals surface area contributed by atoms with Crippen LogP contribution < -0.4 is 15.1 Å². The van der Waals surface area contributed by atoms with E-state index in [1.54, 1.807) is 22.8 Å². The minimum atomic E-state index is 0.0578. The summed E-state index contributed by atoms with van der Waals surface area (Å²) in [5.74, 6) is 1.65. The molecule has 3 heterocycles. The van der Waals surface area contributed by atoms with Gasteiger partial charge in [-0.1, -0.05) is 19.1 Å². The summed E-state index contributed by atoms with van der Waals surface area (Å²) in [5, 5.41) is 7.58. The molecule has 0 saturated carbocycles. The molecule has 2 aliphatic heterocycles. The Bertz CT molecular complexity index is 912. The number of piperazine rings is 1. The van der Waals surface area contributed by atoms with Crippen molar-refractivity contribution in [2.45, 2.75) is 26.3 Å². The first-order valence-electron chi connectivity index (χ1n) is 11.1. The number of hydrogen-bond acceptors (Lipinski definition) is 4. The normalized spacial score (nSPS) is 18.6. The molecule has 1 aromatic carbocycles. The molecule has 0 unspecified atom stereocenters. The number of anilines is 2. The van der Waals surface area contributed by atoms with Gasteiger partial charge in [0, 0.05) is 58.7 Å². The number of nitrogens with zero attached hydrogens (tertiary/aromatic N) is 6. The summed E-state index contributed by atoms with van der Waals surface area (Å²) in [5.41, 5.74) is 3.35. The van der Waals surface area contributed by atoms with Gasteiger partial charge in [-0.2, -0.15) is 5.10 Å². The summed E-state index contributed by atoms with van der Waals surface area (Å²) in [6.45, 7) is 6.96. The third-order valence-electron chi connectivity index (χ3n) is 6.27. The minimum absolute atomic E-state index is 0.0578. The number of hydrogen-bond donors (Lipinski definition) is 1. The lowest BCUT2D eigenvalue weighted by molar-refractivity contribution is -0.120. The molecule has 4 rings (SSSR count). The second kappa shape index (κ2) is 9.41. The molecule has 2 fully saturated rings. The number of rotatable bonds is 4. The van der Waals surface area contributed by atoms with E-state index in [-0.39, 0.29) is 5.91 Å². The predicted octanol–water partition coefficient (Wildman–Crippen LogP) is 2.08. The number of carbonyl (C=O) groups excluding carboxylic acids is 1. The van der Waals surface area contributed by atoms with Crippen molar-refractivity contribution in [1.29, 1.82) is 0 Å². The quantitative estimate of drug-likeness (QED) is 0.602. The van der Waals surface area contributed by atoms with Crippen LogP contribution in [0.25, 0.3) is 0 Å². The molecule has 1 aromatic heterocycles. The first-order valence-corrected chi connectivity index (χ1v) is 11.1. The van der Waals surface area contributed by atoms with Gasteiger partial charge >= 0.3 is 0 Å². The standard InChI is InChI=1S/C23H33N7O/c1-18-8-10-28(11-9-18)20-6-4-19(5-7-20)14-25-23(24-2)29-12-13-30(22(31)17-29)21-15-26-27(3)16-21/h4-7,15-16,18H,8-14,17H2,1-3H3,(H,24,25). The molecule has 166 valence electrons. The third kappa shape index (κ3) is 5.00. The van der Waals surface area contributed by atoms with Gasteiger partial charge in [0.25, 0.3) is 0 Å². The fourth-order valence-corrected chi connectivity index (χ4v) is 4.28. The van der Waals surface area contributed by atoms with E-state index >= 15 is 0 Å². The lowest BCUT2D eigenvalue weighted by Gasteiger charge is -2.35. The Balaban J connectivity index is 1.30. The fourth-order valence-electron chi connectivity index (χ4n) is 4.28. The zero-order valence-corrected chi connectivity index (χ0v) is 18.8. The molecule has 31 heavy (non-hydrogen) atoms. The number of carbonyl (C=O) groups is 1. The van der Waals surface area contributed by atoms with E-state index in [9.17, 15) is 4.79 Å². The van der Waals surface area contributed by atoms with Crippen LogP contribution in [0.3, 0.4) is 0 Å². The van der Waals surface area contributed by atoms with Crippen LogP contribution in [0.5, 0.6) is 0 Å². The molecule has 0 spiro atoms. The summed E-state index contributed by atoms with van der Waals surface area (Å²) in [4.78, 5) is 23.4. The second-order valence-electron chi connectivity index (χ2n) is 8.58. The van der Waals surface area contributed by atoms with Crippen LogP contribution in [0.4, 0.5) is 11.4 Å². The molecule has 2 aromatic rings. The van der Waals surface area contributed by atoms with Gasteiger partial charge in [-0.15, -0.1) is 0 Å². The zero-order valence-electron chi connectivity index (χ0n) is 18.8. The number of amides is 1. The number of guanidine groups is 1. The van der Waals surface area contributed by atoms with Crippen LogP contribution in [-0.4, -0.2) is 66.3 Å². The van der Waals surface area contributed by atoms with Gasteiger partial charge in [-0.3, -0.25) is 14.5 Å². The van der Waals surface area contributed by atoms with E-state index in [1.165, 1.54) is 24.1 Å². The van der Waals surface area contributed by atoms with E-state index in [0.29, 0.717) is 19.6 Å². The molecule has 1 N–H and O–H groups in total. The van der Waals surface area contributed by atoms with Crippen LogP contribution in [0.15, 0.2) is 41.7 Å². The first kappa shape index (κ1) is 21.2. The smallest absolute Gasteiger partial charge is 0.246 e. The Kier molecular flexibility index (Phi) is 6.44. The first-order chi connectivity index (χ1) is 15.0. The molecule has 8 nitrogen and oxygen atoms in total. The lowest BCUT2D eigenvalue weighted by atomic mass is 9.99. The Hall–Kier alpha value is -3.03. The van der Waals surface area contributed by atoms with Crippen molar-refractivity contribution in [3.8, 4) is 0 Å². The van der Waals surface area contributed by atoms with Crippen LogP contribution in [0, 0.1) is 5.92 Å². The maximum atomic E-state index is 12.7. The average molecular weight is 424 g/mol. The summed E-state index contributed by atoms with van der Waals surface area (Å²) < 4.78 is 1.71. The van der Waals surface area contributed by atoms with E-state index in [0.717, 1.165) is 37.2 Å². The highest BCUT2D eigenvalue weighted by molar-refractivity contribution is 5.98. The van der Waals surface area contributed by atoms with Gasteiger partial charge in [0.05, 0.1) is 11.9 Å². The summed E-state index contributed by atoms with van der Waals surface area (Å²) in [7, 11) is 3.62.